The van der Waals surface area contributed by atoms with Gasteiger partial charge in [0, 0.05) is 0 Å². The fourth-order valence-electron chi connectivity index (χ4n) is 1.26. The van der Waals surface area contributed by atoms with E-state index < -0.39 is 0 Å². The maximum Gasteiger partial charge on any atom is -0.0139 e. The van der Waals surface area contributed by atoms with Crippen molar-refractivity contribution >= 4 is 0 Å². The fraction of sp³-hybridized carbons (Fsp3) is 0.647. The molecule has 0 aromatic heterocycles. The topological polar surface area (TPSA) is 0 Å². The van der Waals surface area contributed by atoms with E-state index in [9.17, 15) is 0 Å². The van der Waals surface area contributed by atoms with E-state index in [1.54, 1.807) is 6.08 Å². The first-order chi connectivity index (χ1) is 8.12. The number of allylic oxidation sites excluding steroid dienone is 5. The molecule has 0 heteroatoms. The van der Waals surface area contributed by atoms with Crippen molar-refractivity contribution in [1.29, 1.82) is 0 Å². The molecule has 0 nitrogen and oxygen atoms in total. The molecule has 0 amide bonds. The molecule has 0 aliphatic heterocycles. The van der Waals surface area contributed by atoms with Crippen LogP contribution in [-0.4, -0.2) is 0 Å². The van der Waals surface area contributed by atoms with Crippen LogP contribution in [0, 0.1) is 0 Å². The highest BCUT2D eigenvalue weighted by atomic mass is 13.9. The molecule has 0 aliphatic rings. The summed E-state index contributed by atoms with van der Waals surface area (Å²) in [5.41, 5.74) is 3.02. The van der Waals surface area contributed by atoms with Crippen LogP contribution in [0.1, 0.15) is 74.1 Å². The van der Waals surface area contributed by atoms with E-state index in [-0.39, 0.29) is 0 Å². The molecule has 0 spiro atoms. The summed E-state index contributed by atoms with van der Waals surface area (Å²) in [4.78, 5) is 0. The Morgan fingerprint density at radius 1 is 1.00 bits per heavy atom. The van der Waals surface area contributed by atoms with Crippen LogP contribution in [0.3, 0.4) is 0 Å². The third-order valence-electron chi connectivity index (χ3n) is 1.97. The Labute approximate surface area is 111 Å². The molecule has 0 radical (unpaired) electrons. The highest BCUT2D eigenvalue weighted by molar-refractivity contribution is 5.08. The predicted molar refractivity (Wildman–Crippen MR) is 84.5 cm³/mol. The quantitative estimate of drug-likeness (QED) is 0.468. The largest absolute Gasteiger partial charge is 0.103 e. The molecular weight excluding hydrogens is 204 g/mol. The van der Waals surface area contributed by atoms with Crippen molar-refractivity contribution in [1.82, 2.24) is 0 Å². The Morgan fingerprint density at radius 2 is 1.47 bits per heavy atom. The Bertz CT molecular complexity index is 194. The molecule has 0 bridgehead atoms. The fourth-order valence-corrected chi connectivity index (χ4v) is 1.26. The molecule has 0 fully saturated rings. The summed E-state index contributed by atoms with van der Waals surface area (Å²) in [6.07, 6.45) is 11.2. The van der Waals surface area contributed by atoms with Crippen molar-refractivity contribution < 1.29 is 0 Å². The summed E-state index contributed by atoms with van der Waals surface area (Å²) < 4.78 is 0. The van der Waals surface area contributed by atoms with Gasteiger partial charge < -0.3 is 0 Å². The Morgan fingerprint density at radius 3 is 1.82 bits per heavy atom. The van der Waals surface area contributed by atoms with Crippen LogP contribution < -0.4 is 0 Å². The zero-order valence-corrected chi connectivity index (χ0v) is 13.3. The zero-order valence-electron chi connectivity index (χ0n) is 13.3. The van der Waals surface area contributed by atoms with Gasteiger partial charge in [-0.05, 0) is 40.0 Å². The molecule has 0 aliphatic carbocycles. The molecule has 17 heavy (non-hydrogen) atoms. The molecule has 0 unspecified atom stereocenters. The molecule has 0 N–H and O–H groups in total. The van der Waals surface area contributed by atoms with Crippen LogP contribution in [-0.2, 0) is 0 Å². The molecule has 0 rings (SSSR count). The van der Waals surface area contributed by atoms with Crippen LogP contribution in [0.15, 0.2) is 36.0 Å². The summed E-state index contributed by atoms with van der Waals surface area (Å²) >= 11 is 0. The van der Waals surface area contributed by atoms with Crippen molar-refractivity contribution in [3.05, 3.63) is 36.0 Å². The normalized spacial score (nSPS) is 10.8. The predicted octanol–water partition coefficient (Wildman–Crippen LogP) is 6.70. The maximum atomic E-state index is 3.36. The number of rotatable bonds is 5. The van der Waals surface area contributed by atoms with E-state index in [4.69, 9.17) is 0 Å². The minimum absolute atomic E-state index is 1.14. The summed E-state index contributed by atoms with van der Waals surface area (Å²) in [5.74, 6) is 0. The molecule has 0 atom stereocenters. The summed E-state index contributed by atoms with van der Waals surface area (Å²) in [6, 6.07) is 0. The number of hydrogen-bond acceptors (Lipinski definition) is 0. The zero-order chi connectivity index (χ0) is 14.1. The standard InChI is InChI=1S/C12H22.C3H6.C2H6/c1-5-7-11(3)9-10-12(4)8-6-2;1-3-2;1-2/h7,10H,5-6,8-9H2,1-4H3;3H,1H2,2H3;1-2H3/b11-7-,12-10-;;. The Balaban J connectivity index is -0.000000337. The van der Waals surface area contributed by atoms with Crippen molar-refractivity contribution in [2.24, 2.45) is 0 Å². The van der Waals surface area contributed by atoms with Gasteiger partial charge >= 0.3 is 0 Å². The van der Waals surface area contributed by atoms with Crippen LogP contribution in [0.4, 0.5) is 0 Å². The first kappa shape index (κ1) is 21.5. The first-order valence-corrected chi connectivity index (χ1v) is 7.00. The minimum atomic E-state index is 1.14. The Kier molecular flexibility index (Phi) is 26.1. The van der Waals surface area contributed by atoms with Gasteiger partial charge in [-0.25, -0.2) is 0 Å². The van der Waals surface area contributed by atoms with Crippen molar-refractivity contribution in [3.63, 3.8) is 0 Å². The van der Waals surface area contributed by atoms with Gasteiger partial charge in [-0.3, -0.25) is 0 Å². The van der Waals surface area contributed by atoms with E-state index in [2.05, 4.69) is 46.4 Å². The van der Waals surface area contributed by atoms with Gasteiger partial charge in [0.1, 0.15) is 0 Å². The molecule has 0 saturated carbocycles. The third kappa shape index (κ3) is 25.5. The van der Waals surface area contributed by atoms with E-state index in [1.165, 1.54) is 24.0 Å². The van der Waals surface area contributed by atoms with Gasteiger partial charge in [0.2, 0.25) is 0 Å². The molecule has 0 heterocycles. The van der Waals surface area contributed by atoms with Gasteiger partial charge in [-0.1, -0.05) is 63.5 Å². The average molecular weight is 238 g/mol. The monoisotopic (exact) mass is 238 g/mol. The highest BCUT2D eigenvalue weighted by Gasteiger charge is 1.88. The van der Waals surface area contributed by atoms with Crippen molar-refractivity contribution in [2.75, 3.05) is 0 Å². The van der Waals surface area contributed by atoms with Crippen molar-refractivity contribution in [3.8, 4) is 0 Å². The molecule has 102 valence electrons. The summed E-state index contributed by atoms with van der Waals surface area (Å²) in [5, 5.41) is 0. The van der Waals surface area contributed by atoms with Crippen molar-refractivity contribution in [2.45, 2.75) is 74.1 Å². The van der Waals surface area contributed by atoms with Crippen LogP contribution in [0.2, 0.25) is 0 Å². The first-order valence-electron chi connectivity index (χ1n) is 7.00. The minimum Gasteiger partial charge on any atom is -0.103 e. The lowest BCUT2D eigenvalue weighted by Crippen LogP contribution is -1.78. The summed E-state index contributed by atoms with van der Waals surface area (Å²) in [7, 11) is 0. The SMILES string of the molecule is C=CC.CC.CC/C=C(/C)C/C=C(/C)CCC. The second-order valence-corrected chi connectivity index (χ2v) is 3.87. The average Bonchev–Trinajstić information content (AvgIpc) is 2.31. The molecule has 0 aromatic carbocycles. The molecule has 0 saturated heterocycles. The van der Waals surface area contributed by atoms with Crippen LogP contribution in [0.25, 0.3) is 0 Å². The van der Waals surface area contributed by atoms with E-state index in [0.717, 1.165) is 12.8 Å². The number of hydrogen-bond donors (Lipinski definition) is 0. The lowest BCUT2D eigenvalue weighted by atomic mass is 10.1. The second-order valence-electron chi connectivity index (χ2n) is 3.87. The van der Waals surface area contributed by atoms with Gasteiger partial charge in [-0.15, -0.1) is 6.58 Å². The summed E-state index contributed by atoms with van der Waals surface area (Å²) in [6.45, 7) is 18.1. The van der Waals surface area contributed by atoms with E-state index in [0.29, 0.717) is 0 Å². The van der Waals surface area contributed by atoms with Gasteiger partial charge in [-0.2, -0.15) is 0 Å². The van der Waals surface area contributed by atoms with E-state index >= 15 is 0 Å². The van der Waals surface area contributed by atoms with Gasteiger partial charge in [0.15, 0.2) is 0 Å². The lowest BCUT2D eigenvalue weighted by Gasteiger charge is -1.98. The third-order valence-corrected chi connectivity index (χ3v) is 1.97. The van der Waals surface area contributed by atoms with Gasteiger partial charge in [0.25, 0.3) is 0 Å². The Hall–Kier alpha value is -0.780. The lowest BCUT2D eigenvalue weighted by molar-refractivity contribution is 0.897. The van der Waals surface area contributed by atoms with E-state index in [1.807, 2.05) is 20.8 Å². The molecular formula is C17H34. The van der Waals surface area contributed by atoms with Crippen LogP contribution in [0.5, 0.6) is 0 Å². The maximum absolute atomic E-state index is 3.36. The van der Waals surface area contributed by atoms with Gasteiger partial charge in [0.05, 0.1) is 0 Å². The second kappa shape index (κ2) is 20.6. The smallest absolute Gasteiger partial charge is 0.0139 e. The highest BCUT2D eigenvalue weighted by Crippen LogP contribution is 2.09. The van der Waals surface area contributed by atoms with Crippen LogP contribution >= 0.6 is 0 Å². The molecule has 0 aromatic rings.